The minimum atomic E-state index is -0.861. The maximum atomic E-state index is 11.9. The molecule has 0 radical (unpaired) electrons. The lowest BCUT2D eigenvalue weighted by molar-refractivity contribution is -0.137. The van der Waals surface area contributed by atoms with Crippen LogP contribution in [0, 0.1) is 11.8 Å². The van der Waals surface area contributed by atoms with Crippen LogP contribution >= 0.6 is 0 Å². The molecule has 1 aliphatic carbocycles. The zero-order valence-corrected chi connectivity index (χ0v) is 8.18. The summed E-state index contributed by atoms with van der Waals surface area (Å²) in [6.07, 6.45) is 5.67. The van der Waals surface area contributed by atoms with Crippen molar-refractivity contribution in [3.05, 3.63) is 24.0 Å². The molecule has 0 fully saturated rings. The molecular formula is C11H12O4. The van der Waals surface area contributed by atoms with Crippen LogP contribution in [0.25, 0.3) is 0 Å². The fourth-order valence-electron chi connectivity index (χ4n) is 1.92. The zero-order valence-electron chi connectivity index (χ0n) is 8.18. The highest BCUT2D eigenvalue weighted by atomic mass is 16.5. The molecule has 2 atom stereocenters. The summed E-state index contributed by atoms with van der Waals surface area (Å²) in [5.41, 5.74) is 0.909. The molecule has 0 aromatic rings. The maximum Gasteiger partial charge on any atom is 0.303 e. The Morgan fingerprint density at radius 2 is 2.40 bits per heavy atom. The van der Waals surface area contributed by atoms with Crippen molar-refractivity contribution in [2.75, 3.05) is 6.61 Å². The van der Waals surface area contributed by atoms with Gasteiger partial charge in [-0.1, -0.05) is 12.2 Å². The highest BCUT2D eigenvalue weighted by Crippen LogP contribution is 2.31. The Labute approximate surface area is 87.2 Å². The molecule has 1 aliphatic heterocycles. The summed E-state index contributed by atoms with van der Waals surface area (Å²) in [5.74, 6) is -1.21. The minimum absolute atomic E-state index is 0.0351. The van der Waals surface area contributed by atoms with Gasteiger partial charge in [0.25, 0.3) is 0 Å². The third-order valence-electron chi connectivity index (χ3n) is 2.78. The third-order valence-corrected chi connectivity index (χ3v) is 2.78. The number of ketones is 1. The first-order chi connectivity index (χ1) is 7.18. The summed E-state index contributed by atoms with van der Waals surface area (Å²) in [7, 11) is 0. The van der Waals surface area contributed by atoms with Crippen LogP contribution in [0.15, 0.2) is 24.0 Å². The van der Waals surface area contributed by atoms with E-state index >= 15 is 0 Å². The standard InChI is InChI=1S/C11H12O4/c12-10(13)4-3-7-1-2-8-5-15-6-9(8)11(7)14/h1-2,5,7,9H,3-4,6H2,(H,12,13). The Balaban J connectivity index is 2.04. The lowest BCUT2D eigenvalue weighted by Crippen LogP contribution is -2.27. The molecule has 1 N–H and O–H groups in total. The van der Waals surface area contributed by atoms with Crippen LogP contribution in [0.3, 0.4) is 0 Å². The van der Waals surface area contributed by atoms with Crippen LogP contribution < -0.4 is 0 Å². The van der Waals surface area contributed by atoms with Gasteiger partial charge in [0, 0.05) is 17.9 Å². The van der Waals surface area contributed by atoms with Crippen LogP contribution in [0.2, 0.25) is 0 Å². The highest BCUT2D eigenvalue weighted by molar-refractivity contribution is 5.90. The molecular weight excluding hydrogens is 196 g/mol. The van der Waals surface area contributed by atoms with Gasteiger partial charge in [-0.25, -0.2) is 0 Å². The van der Waals surface area contributed by atoms with Gasteiger partial charge in [0.2, 0.25) is 0 Å². The zero-order chi connectivity index (χ0) is 10.8. The molecule has 15 heavy (non-hydrogen) atoms. The normalized spacial score (nSPS) is 28.3. The number of carboxylic acids is 1. The van der Waals surface area contributed by atoms with E-state index in [0.29, 0.717) is 13.0 Å². The molecule has 0 saturated carbocycles. The van der Waals surface area contributed by atoms with Crippen LogP contribution in [-0.4, -0.2) is 23.5 Å². The SMILES string of the molecule is O=C(O)CCC1C=CC2=COCC2C1=O. The number of carbonyl (C=O) groups is 2. The van der Waals surface area contributed by atoms with Gasteiger partial charge in [0.05, 0.1) is 12.2 Å². The maximum absolute atomic E-state index is 11.9. The van der Waals surface area contributed by atoms with E-state index in [9.17, 15) is 9.59 Å². The van der Waals surface area contributed by atoms with Crippen LogP contribution in [0.5, 0.6) is 0 Å². The molecule has 0 spiro atoms. The van der Waals surface area contributed by atoms with Gasteiger partial charge in [-0.3, -0.25) is 9.59 Å². The fourth-order valence-corrected chi connectivity index (χ4v) is 1.92. The van der Waals surface area contributed by atoms with Crippen molar-refractivity contribution in [2.24, 2.45) is 11.8 Å². The van der Waals surface area contributed by atoms with Crippen molar-refractivity contribution in [2.45, 2.75) is 12.8 Å². The van der Waals surface area contributed by atoms with Crippen molar-refractivity contribution in [3.8, 4) is 0 Å². The highest BCUT2D eigenvalue weighted by Gasteiger charge is 2.34. The Morgan fingerprint density at radius 1 is 1.60 bits per heavy atom. The molecule has 2 rings (SSSR count). The second kappa shape index (κ2) is 3.88. The number of carboxylic acid groups (broad SMARTS) is 1. The van der Waals surface area contributed by atoms with Crippen LogP contribution in [0.4, 0.5) is 0 Å². The summed E-state index contributed by atoms with van der Waals surface area (Å²) < 4.78 is 5.09. The van der Waals surface area contributed by atoms with E-state index in [1.54, 1.807) is 12.3 Å². The monoisotopic (exact) mass is 208 g/mol. The molecule has 4 nitrogen and oxygen atoms in total. The Bertz CT molecular complexity index is 354. The number of aliphatic carboxylic acids is 1. The van der Waals surface area contributed by atoms with Gasteiger partial charge in [-0.2, -0.15) is 0 Å². The Hall–Kier alpha value is -1.58. The van der Waals surface area contributed by atoms with E-state index in [2.05, 4.69) is 0 Å². The number of ether oxygens (including phenoxy) is 1. The van der Waals surface area contributed by atoms with Gasteiger partial charge in [0.1, 0.15) is 6.61 Å². The van der Waals surface area contributed by atoms with Crippen molar-refractivity contribution in [1.29, 1.82) is 0 Å². The number of carbonyl (C=O) groups excluding carboxylic acids is 1. The molecule has 0 bridgehead atoms. The number of hydrogen-bond donors (Lipinski definition) is 1. The molecule has 0 aromatic heterocycles. The molecule has 0 aromatic carbocycles. The predicted octanol–water partition coefficient (Wildman–Crippen LogP) is 1.14. The van der Waals surface area contributed by atoms with E-state index in [1.807, 2.05) is 6.08 Å². The topological polar surface area (TPSA) is 63.6 Å². The Morgan fingerprint density at radius 3 is 3.13 bits per heavy atom. The number of allylic oxidation sites excluding steroid dienone is 2. The van der Waals surface area contributed by atoms with Crippen molar-refractivity contribution in [1.82, 2.24) is 0 Å². The first-order valence-electron chi connectivity index (χ1n) is 4.94. The van der Waals surface area contributed by atoms with Gasteiger partial charge >= 0.3 is 5.97 Å². The first kappa shape index (κ1) is 9.96. The molecule has 0 amide bonds. The lowest BCUT2D eigenvalue weighted by atomic mass is 9.81. The second-order valence-corrected chi connectivity index (χ2v) is 3.80. The summed E-state index contributed by atoms with van der Waals surface area (Å²) in [4.78, 5) is 22.3. The molecule has 2 aliphatic rings. The van der Waals surface area contributed by atoms with Gasteiger partial charge in [-0.05, 0) is 6.42 Å². The fraction of sp³-hybridized carbons (Fsp3) is 0.455. The van der Waals surface area contributed by atoms with Crippen molar-refractivity contribution < 1.29 is 19.4 Å². The van der Waals surface area contributed by atoms with Gasteiger partial charge in [-0.15, -0.1) is 0 Å². The van der Waals surface area contributed by atoms with Crippen molar-refractivity contribution in [3.63, 3.8) is 0 Å². The van der Waals surface area contributed by atoms with Gasteiger partial charge < -0.3 is 9.84 Å². The first-order valence-corrected chi connectivity index (χ1v) is 4.94. The summed E-state index contributed by atoms with van der Waals surface area (Å²) in [6.45, 7) is 0.405. The van der Waals surface area contributed by atoms with Crippen LogP contribution in [-0.2, 0) is 14.3 Å². The average Bonchev–Trinajstić information content (AvgIpc) is 2.65. The molecule has 1 heterocycles. The van der Waals surface area contributed by atoms with E-state index in [-0.39, 0.29) is 24.0 Å². The van der Waals surface area contributed by atoms with E-state index in [4.69, 9.17) is 9.84 Å². The van der Waals surface area contributed by atoms with E-state index in [1.165, 1.54) is 0 Å². The van der Waals surface area contributed by atoms with E-state index in [0.717, 1.165) is 5.57 Å². The van der Waals surface area contributed by atoms with Crippen molar-refractivity contribution >= 4 is 11.8 Å². The minimum Gasteiger partial charge on any atom is -0.500 e. The molecule has 0 saturated heterocycles. The average molecular weight is 208 g/mol. The summed E-state index contributed by atoms with van der Waals surface area (Å²) >= 11 is 0. The quantitative estimate of drug-likeness (QED) is 0.755. The summed E-state index contributed by atoms with van der Waals surface area (Å²) in [6, 6.07) is 0. The smallest absolute Gasteiger partial charge is 0.303 e. The van der Waals surface area contributed by atoms with E-state index < -0.39 is 5.97 Å². The summed E-state index contributed by atoms with van der Waals surface area (Å²) in [5, 5.41) is 8.55. The number of fused-ring (bicyclic) bond motifs is 1. The number of hydrogen-bond acceptors (Lipinski definition) is 3. The lowest BCUT2D eigenvalue weighted by Gasteiger charge is -2.20. The third kappa shape index (κ3) is 1.93. The Kier molecular flexibility index (Phi) is 2.58. The largest absolute Gasteiger partial charge is 0.500 e. The van der Waals surface area contributed by atoms with Crippen LogP contribution in [0.1, 0.15) is 12.8 Å². The van der Waals surface area contributed by atoms with Gasteiger partial charge in [0.15, 0.2) is 5.78 Å². The predicted molar refractivity (Wildman–Crippen MR) is 52.0 cm³/mol. The molecule has 80 valence electrons. The molecule has 4 heteroatoms. The molecule has 2 unspecified atom stereocenters. The number of rotatable bonds is 3. The second-order valence-electron chi connectivity index (χ2n) is 3.80. The number of Topliss-reactive ketones (excluding diaryl/α,β-unsaturated/α-hetero) is 1.